The molecule has 0 aliphatic rings. The molecule has 4 nitrogen and oxygen atoms in total. The number of ether oxygens (including phenoxy) is 1. The van der Waals surface area contributed by atoms with E-state index in [1.807, 2.05) is 24.3 Å². The Balaban J connectivity index is 1.96. The third kappa shape index (κ3) is 4.84. The fourth-order valence-corrected chi connectivity index (χ4v) is 3.36. The minimum Gasteiger partial charge on any atom is -0.489 e. The van der Waals surface area contributed by atoms with Crippen molar-refractivity contribution in [2.45, 2.75) is 0 Å². The number of aromatic amines is 1. The summed E-state index contributed by atoms with van der Waals surface area (Å²) in [6.45, 7) is 4.01. The number of carbonyl (C=O) groups is 1. The monoisotopic (exact) mass is 397 g/mol. The fraction of sp³-hybridized carbons (Fsp3) is 0.0476. The Kier molecular flexibility index (Phi) is 6.06. The van der Waals surface area contributed by atoms with E-state index in [0.717, 1.165) is 5.56 Å². The second kappa shape index (κ2) is 8.66. The maximum Gasteiger partial charge on any atom is 0.266 e. The highest BCUT2D eigenvalue weighted by Crippen LogP contribution is 2.18. The van der Waals surface area contributed by atoms with E-state index in [-0.39, 0.29) is 11.3 Å². The molecule has 0 saturated carbocycles. The van der Waals surface area contributed by atoms with Crippen LogP contribution in [-0.2, 0) is 0 Å². The molecule has 1 heterocycles. The van der Waals surface area contributed by atoms with Gasteiger partial charge in [-0.25, -0.2) is 0 Å². The number of para-hydroxylation sites is 1. The van der Waals surface area contributed by atoms with Gasteiger partial charge in [-0.1, -0.05) is 42.5 Å². The van der Waals surface area contributed by atoms with Crippen LogP contribution in [0.15, 0.2) is 66.0 Å². The molecule has 3 aromatic rings. The largest absolute Gasteiger partial charge is 0.489 e. The molecule has 27 heavy (non-hydrogen) atoms. The van der Waals surface area contributed by atoms with E-state index in [0.29, 0.717) is 32.1 Å². The van der Waals surface area contributed by atoms with Crippen LogP contribution in [0.3, 0.4) is 0 Å². The lowest BCUT2D eigenvalue weighted by atomic mass is 10.1. The van der Waals surface area contributed by atoms with Crippen LogP contribution in [0.2, 0.25) is 5.02 Å². The predicted octanol–water partition coefficient (Wildman–Crippen LogP) is 3.15. The topological polar surface area (TPSA) is 59.2 Å². The van der Waals surface area contributed by atoms with Crippen molar-refractivity contribution in [3.63, 3.8) is 0 Å². The first-order valence-electron chi connectivity index (χ1n) is 8.12. The van der Waals surface area contributed by atoms with E-state index in [9.17, 15) is 9.59 Å². The van der Waals surface area contributed by atoms with Crippen molar-refractivity contribution in [1.29, 1.82) is 0 Å². The van der Waals surface area contributed by atoms with E-state index >= 15 is 0 Å². The van der Waals surface area contributed by atoms with E-state index in [4.69, 9.17) is 16.3 Å². The summed E-state index contributed by atoms with van der Waals surface area (Å²) in [6, 6.07) is 14.0. The van der Waals surface area contributed by atoms with Gasteiger partial charge in [-0.2, -0.15) is 0 Å². The Morgan fingerprint density at radius 3 is 2.67 bits per heavy atom. The Morgan fingerprint density at radius 1 is 1.19 bits per heavy atom. The molecule has 0 radical (unpaired) electrons. The summed E-state index contributed by atoms with van der Waals surface area (Å²) in [5.41, 5.74) is 1.03. The molecule has 0 spiro atoms. The number of ketones is 1. The molecule has 0 fully saturated rings. The molecule has 1 N–H and O–H groups in total. The Labute approximate surface area is 164 Å². The summed E-state index contributed by atoms with van der Waals surface area (Å²) in [5.74, 6) is 0.457. The summed E-state index contributed by atoms with van der Waals surface area (Å²) in [4.78, 5) is 27.3. The van der Waals surface area contributed by atoms with Crippen molar-refractivity contribution in [3.05, 3.63) is 96.9 Å². The molecule has 0 unspecified atom stereocenters. The molecule has 1 aromatic heterocycles. The molecule has 0 saturated heterocycles. The molecular formula is C21H16ClNO3S. The number of carbonyl (C=O) groups excluding carboxylic acids is 1. The minimum absolute atomic E-state index is 0.203. The quantitative estimate of drug-likeness (QED) is 0.513. The molecule has 0 amide bonds. The maximum absolute atomic E-state index is 12.3. The molecule has 0 aliphatic heterocycles. The molecule has 0 atom stereocenters. The van der Waals surface area contributed by atoms with Crippen molar-refractivity contribution in [2.75, 3.05) is 6.61 Å². The number of rotatable bonds is 6. The van der Waals surface area contributed by atoms with Crippen LogP contribution in [0, 0.1) is 0 Å². The van der Waals surface area contributed by atoms with Gasteiger partial charge in [-0.15, -0.1) is 11.3 Å². The summed E-state index contributed by atoms with van der Waals surface area (Å²) in [7, 11) is 0. The van der Waals surface area contributed by atoms with Crippen LogP contribution in [-0.4, -0.2) is 17.4 Å². The third-order valence-corrected chi connectivity index (χ3v) is 4.85. The zero-order chi connectivity index (χ0) is 19.2. The first-order valence-corrected chi connectivity index (χ1v) is 9.31. The summed E-state index contributed by atoms with van der Waals surface area (Å²) < 4.78 is 6.58. The first-order chi connectivity index (χ1) is 13.1. The number of halogens is 1. The van der Waals surface area contributed by atoms with Gasteiger partial charge in [0.05, 0.1) is 9.20 Å². The van der Waals surface area contributed by atoms with E-state index in [2.05, 4.69) is 11.6 Å². The second-order valence-electron chi connectivity index (χ2n) is 5.58. The third-order valence-electron chi connectivity index (χ3n) is 3.63. The number of nitrogens with one attached hydrogen (secondary N) is 1. The molecule has 2 aromatic carbocycles. The normalized spacial score (nSPS) is 12.2. The summed E-state index contributed by atoms with van der Waals surface area (Å²) in [6.07, 6.45) is 4.81. The van der Waals surface area contributed by atoms with E-state index in [1.54, 1.807) is 36.4 Å². The van der Waals surface area contributed by atoms with Crippen molar-refractivity contribution in [3.8, 4) is 5.75 Å². The van der Waals surface area contributed by atoms with Gasteiger partial charge in [-0.05, 0) is 36.4 Å². The van der Waals surface area contributed by atoms with Crippen LogP contribution in [0.5, 0.6) is 5.75 Å². The average Bonchev–Trinajstić information content (AvgIpc) is 3.00. The Hall–Kier alpha value is -2.89. The van der Waals surface area contributed by atoms with Crippen LogP contribution in [0.4, 0.5) is 0 Å². The van der Waals surface area contributed by atoms with Gasteiger partial charge in [0.25, 0.3) is 5.56 Å². The van der Waals surface area contributed by atoms with Gasteiger partial charge < -0.3 is 9.72 Å². The zero-order valence-corrected chi connectivity index (χ0v) is 15.8. The van der Waals surface area contributed by atoms with E-state index in [1.165, 1.54) is 17.4 Å². The average molecular weight is 398 g/mol. The van der Waals surface area contributed by atoms with Crippen LogP contribution < -0.4 is 19.5 Å². The lowest BCUT2D eigenvalue weighted by Crippen LogP contribution is -2.20. The highest BCUT2D eigenvalue weighted by molar-refractivity contribution is 7.07. The lowest BCUT2D eigenvalue weighted by molar-refractivity contribution is 0.106. The molecular weight excluding hydrogens is 382 g/mol. The van der Waals surface area contributed by atoms with Gasteiger partial charge in [0.1, 0.15) is 12.4 Å². The molecule has 6 heteroatoms. The number of benzene rings is 2. The van der Waals surface area contributed by atoms with Crippen LogP contribution in [0.1, 0.15) is 15.9 Å². The highest BCUT2D eigenvalue weighted by atomic mass is 35.5. The fourth-order valence-electron chi connectivity index (χ4n) is 2.36. The summed E-state index contributed by atoms with van der Waals surface area (Å²) >= 11 is 7.05. The van der Waals surface area contributed by atoms with Gasteiger partial charge in [-0.3, -0.25) is 9.59 Å². The van der Waals surface area contributed by atoms with Crippen LogP contribution in [0.25, 0.3) is 12.2 Å². The number of H-pyrrole nitrogens is 1. The van der Waals surface area contributed by atoms with Crippen molar-refractivity contribution in [1.82, 2.24) is 4.98 Å². The maximum atomic E-state index is 12.3. The number of hydrogen-bond acceptors (Lipinski definition) is 4. The van der Waals surface area contributed by atoms with Gasteiger partial charge in [0.15, 0.2) is 5.78 Å². The van der Waals surface area contributed by atoms with Gasteiger partial charge in [0, 0.05) is 22.2 Å². The van der Waals surface area contributed by atoms with Gasteiger partial charge >= 0.3 is 0 Å². The first kappa shape index (κ1) is 18.9. The van der Waals surface area contributed by atoms with Crippen molar-refractivity contribution < 1.29 is 9.53 Å². The van der Waals surface area contributed by atoms with E-state index < -0.39 is 0 Å². The number of hydrogen-bond donors (Lipinski definition) is 1. The predicted molar refractivity (Wildman–Crippen MR) is 110 cm³/mol. The van der Waals surface area contributed by atoms with Crippen LogP contribution >= 0.6 is 22.9 Å². The zero-order valence-electron chi connectivity index (χ0n) is 14.3. The SMILES string of the molecule is C=CCOc1ccccc1/C=c1/s/c(=C/C(=O)c2ccc(Cl)cc2)[nH]c1=O. The molecule has 0 bridgehead atoms. The smallest absolute Gasteiger partial charge is 0.266 e. The number of thiazole rings is 1. The van der Waals surface area contributed by atoms with Crippen molar-refractivity contribution >= 4 is 40.9 Å². The molecule has 3 rings (SSSR count). The Bertz CT molecular complexity index is 1140. The summed E-state index contributed by atoms with van der Waals surface area (Å²) in [5, 5.41) is 0.560. The highest BCUT2D eigenvalue weighted by Gasteiger charge is 2.04. The minimum atomic E-state index is -0.256. The molecule has 136 valence electrons. The van der Waals surface area contributed by atoms with Gasteiger partial charge in [0.2, 0.25) is 0 Å². The number of aromatic nitrogens is 1. The lowest BCUT2D eigenvalue weighted by Gasteiger charge is -2.05. The second-order valence-corrected chi connectivity index (χ2v) is 7.10. The molecule has 0 aliphatic carbocycles. The number of Topliss-reactive ketones (excluding diaryl/α,β-unsaturated/α-hetero) is 1. The van der Waals surface area contributed by atoms with Crippen molar-refractivity contribution in [2.24, 2.45) is 0 Å². The Morgan fingerprint density at radius 2 is 1.93 bits per heavy atom. The standard InChI is InChI=1S/C21H16ClNO3S/c1-2-11-26-18-6-4-3-5-15(18)12-19-21(25)23-20(27-19)13-17(24)14-7-9-16(22)10-8-14/h2-10,12-13H,1,11H2,(H,23,25)/b19-12+,20-13+.